The third kappa shape index (κ3) is 2.67. The van der Waals surface area contributed by atoms with Gasteiger partial charge in [-0.2, -0.15) is 5.26 Å². The molecule has 80 valence electrons. The highest BCUT2D eigenvalue weighted by Gasteiger charge is 2.18. The van der Waals surface area contributed by atoms with Crippen LogP contribution in [0.1, 0.15) is 5.56 Å². The third-order valence-corrected chi connectivity index (χ3v) is 3.29. The van der Waals surface area contributed by atoms with Crippen LogP contribution in [0.2, 0.25) is 5.02 Å². The highest BCUT2D eigenvalue weighted by molar-refractivity contribution is 7.89. The van der Waals surface area contributed by atoms with Gasteiger partial charge in [0.15, 0.2) is 0 Å². The summed E-state index contributed by atoms with van der Waals surface area (Å²) in [7, 11) is -2.66. The van der Waals surface area contributed by atoms with Gasteiger partial charge in [0.1, 0.15) is 4.90 Å². The largest absolute Gasteiger partial charge is 0.290 e. The first-order valence-corrected chi connectivity index (χ1v) is 5.62. The van der Waals surface area contributed by atoms with Crippen molar-refractivity contribution in [3.63, 3.8) is 0 Å². The molecule has 0 saturated carbocycles. The number of hydrogen-bond donors (Lipinski definition) is 1. The Balaban J connectivity index is 3.31. The molecule has 1 aromatic carbocycles. The minimum Gasteiger partial charge on any atom is -0.290 e. The van der Waals surface area contributed by atoms with Gasteiger partial charge in [-0.15, -0.1) is 0 Å². The molecule has 0 aliphatic heterocycles. The van der Waals surface area contributed by atoms with Gasteiger partial charge in [0.05, 0.1) is 23.8 Å². The Bertz CT molecular complexity index is 507. The highest BCUT2D eigenvalue weighted by Crippen LogP contribution is 2.22. The van der Waals surface area contributed by atoms with Crippen LogP contribution in [0.25, 0.3) is 0 Å². The molecule has 0 unspecified atom stereocenters. The molecule has 0 fully saturated rings. The van der Waals surface area contributed by atoms with Crippen LogP contribution in [0.4, 0.5) is 0 Å². The maximum Gasteiger partial charge on any atom is 0.263 e. The van der Waals surface area contributed by atoms with Crippen molar-refractivity contribution in [2.75, 3.05) is 7.11 Å². The van der Waals surface area contributed by atoms with E-state index in [-0.39, 0.29) is 15.5 Å². The second kappa shape index (κ2) is 4.59. The molecule has 15 heavy (non-hydrogen) atoms. The molecule has 0 heterocycles. The van der Waals surface area contributed by atoms with E-state index in [2.05, 4.69) is 4.84 Å². The van der Waals surface area contributed by atoms with E-state index >= 15 is 0 Å². The van der Waals surface area contributed by atoms with Crippen LogP contribution in [-0.4, -0.2) is 15.5 Å². The normalized spacial score (nSPS) is 11.0. The monoisotopic (exact) mass is 246 g/mol. The first kappa shape index (κ1) is 11.9. The maximum absolute atomic E-state index is 11.5. The van der Waals surface area contributed by atoms with Gasteiger partial charge in [0, 0.05) is 0 Å². The molecule has 0 bridgehead atoms. The molecule has 0 amide bonds. The fourth-order valence-corrected chi connectivity index (χ4v) is 2.27. The third-order valence-electron chi connectivity index (χ3n) is 1.54. The molecular weight excluding hydrogens is 240 g/mol. The lowest BCUT2D eigenvalue weighted by Gasteiger charge is -2.05. The summed E-state index contributed by atoms with van der Waals surface area (Å²) in [5.41, 5.74) is 0.205. The van der Waals surface area contributed by atoms with Crippen molar-refractivity contribution in [1.29, 1.82) is 5.26 Å². The zero-order chi connectivity index (χ0) is 11.5. The first-order chi connectivity index (χ1) is 7.01. The van der Waals surface area contributed by atoms with Crippen molar-refractivity contribution in [2.45, 2.75) is 4.90 Å². The molecule has 1 N–H and O–H groups in total. The number of benzene rings is 1. The average molecular weight is 247 g/mol. The first-order valence-electron chi connectivity index (χ1n) is 3.75. The van der Waals surface area contributed by atoms with E-state index in [9.17, 15) is 8.42 Å². The number of halogens is 1. The van der Waals surface area contributed by atoms with Gasteiger partial charge >= 0.3 is 0 Å². The van der Waals surface area contributed by atoms with Crippen molar-refractivity contribution in [3.8, 4) is 6.07 Å². The minimum absolute atomic E-state index is 0.0264. The van der Waals surface area contributed by atoms with Crippen LogP contribution < -0.4 is 4.89 Å². The molecule has 1 rings (SSSR count). The lowest BCUT2D eigenvalue weighted by atomic mass is 10.2. The van der Waals surface area contributed by atoms with Crippen molar-refractivity contribution in [2.24, 2.45) is 0 Å². The second-order valence-corrected chi connectivity index (χ2v) is 4.57. The minimum atomic E-state index is -3.83. The predicted octanol–water partition coefficient (Wildman–Crippen LogP) is 1.05. The van der Waals surface area contributed by atoms with Gasteiger partial charge in [-0.05, 0) is 18.2 Å². The summed E-state index contributed by atoms with van der Waals surface area (Å²) in [6.07, 6.45) is 0. The van der Waals surface area contributed by atoms with Gasteiger partial charge in [0.2, 0.25) is 0 Å². The Morgan fingerprint density at radius 1 is 1.53 bits per heavy atom. The number of nitriles is 1. The Hall–Kier alpha value is -1.13. The van der Waals surface area contributed by atoms with Crippen molar-refractivity contribution in [1.82, 2.24) is 4.89 Å². The zero-order valence-corrected chi connectivity index (χ0v) is 9.26. The van der Waals surface area contributed by atoms with Gasteiger partial charge in [-0.1, -0.05) is 16.5 Å². The molecule has 0 aromatic heterocycles. The summed E-state index contributed by atoms with van der Waals surface area (Å²) >= 11 is 5.69. The Kier molecular flexibility index (Phi) is 3.66. The van der Waals surface area contributed by atoms with Crippen molar-refractivity contribution >= 4 is 21.6 Å². The number of sulfonamides is 1. The Labute approximate surface area is 92.2 Å². The number of rotatable bonds is 3. The van der Waals surface area contributed by atoms with Crippen molar-refractivity contribution in [3.05, 3.63) is 28.8 Å². The van der Waals surface area contributed by atoms with Gasteiger partial charge in [0.25, 0.3) is 10.0 Å². The number of nitrogens with one attached hydrogen (secondary N) is 1. The lowest BCUT2D eigenvalue weighted by molar-refractivity contribution is 0.153. The lowest BCUT2D eigenvalue weighted by Crippen LogP contribution is -2.22. The molecule has 0 aliphatic carbocycles. The Morgan fingerprint density at radius 3 is 2.73 bits per heavy atom. The smallest absolute Gasteiger partial charge is 0.263 e. The number of hydrogen-bond acceptors (Lipinski definition) is 4. The van der Waals surface area contributed by atoms with E-state index in [1.54, 1.807) is 0 Å². The topological polar surface area (TPSA) is 79.2 Å². The number of nitrogens with zero attached hydrogens (tertiary/aromatic N) is 1. The highest BCUT2D eigenvalue weighted by atomic mass is 35.5. The summed E-state index contributed by atoms with van der Waals surface area (Å²) in [6.45, 7) is 0. The van der Waals surface area contributed by atoms with Crippen LogP contribution in [0.3, 0.4) is 0 Å². The van der Waals surface area contributed by atoms with E-state index in [0.717, 1.165) is 0 Å². The summed E-state index contributed by atoms with van der Waals surface area (Å²) in [6, 6.07) is 5.75. The van der Waals surface area contributed by atoms with E-state index in [1.165, 1.54) is 25.3 Å². The molecule has 0 aliphatic rings. The van der Waals surface area contributed by atoms with E-state index < -0.39 is 10.0 Å². The summed E-state index contributed by atoms with van der Waals surface area (Å²) < 4.78 is 23.0. The maximum atomic E-state index is 11.5. The fraction of sp³-hybridized carbons (Fsp3) is 0.125. The molecule has 0 spiro atoms. The molecule has 7 heteroatoms. The molecular formula is C8H7ClN2O3S. The predicted molar refractivity (Wildman–Crippen MR) is 53.5 cm³/mol. The van der Waals surface area contributed by atoms with Gasteiger partial charge in [-0.25, -0.2) is 8.42 Å². The molecule has 0 radical (unpaired) electrons. The van der Waals surface area contributed by atoms with Gasteiger partial charge in [-0.3, -0.25) is 4.84 Å². The van der Waals surface area contributed by atoms with E-state index in [0.29, 0.717) is 0 Å². The van der Waals surface area contributed by atoms with Crippen LogP contribution in [0.15, 0.2) is 23.1 Å². The molecule has 5 nitrogen and oxygen atoms in total. The quantitative estimate of drug-likeness (QED) is 0.809. The average Bonchev–Trinajstić information content (AvgIpc) is 2.18. The van der Waals surface area contributed by atoms with Crippen LogP contribution in [-0.2, 0) is 14.9 Å². The molecule has 1 aromatic rings. The standard InChI is InChI=1S/C8H7ClN2O3S/c1-14-11-15(12,13)8-4-6(5-10)2-3-7(8)9/h2-4,11H,1H3. The van der Waals surface area contributed by atoms with Crippen molar-refractivity contribution < 1.29 is 13.3 Å². The van der Waals surface area contributed by atoms with Crippen LogP contribution >= 0.6 is 11.6 Å². The van der Waals surface area contributed by atoms with E-state index in [4.69, 9.17) is 16.9 Å². The summed E-state index contributed by atoms with van der Waals surface area (Å²) in [4.78, 5) is 5.93. The SMILES string of the molecule is CONS(=O)(=O)c1cc(C#N)ccc1Cl. The summed E-state index contributed by atoms with van der Waals surface area (Å²) in [5, 5.41) is 8.64. The second-order valence-electron chi connectivity index (χ2n) is 2.55. The Morgan fingerprint density at radius 2 is 2.20 bits per heavy atom. The molecule has 0 atom stereocenters. The molecule has 0 saturated heterocycles. The summed E-state index contributed by atoms with van der Waals surface area (Å²) in [5.74, 6) is 0. The van der Waals surface area contributed by atoms with E-state index in [1.807, 2.05) is 11.0 Å². The van der Waals surface area contributed by atoms with Gasteiger partial charge < -0.3 is 0 Å². The van der Waals surface area contributed by atoms with Crippen LogP contribution in [0, 0.1) is 11.3 Å². The zero-order valence-electron chi connectivity index (χ0n) is 7.69. The van der Waals surface area contributed by atoms with Crippen LogP contribution in [0.5, 0.6) is 0 Å². The fourth-order valence-electron chi connectivity index (χ4n) is 0.933.